The zero-order chi connectivity index (χ0) is 14.8. The van der Waals surface area contributed by atoms with Crippen LogP contribution in [0.3, 0.4) is 0 Å². The zero-order valence-electron chi connectivity index (χ0n) is 11.2. The highest BCUT2D eigenvalue weighted by Gasteiger charge is 2.10. The number of rotatable bonds is 4. The first kappa shape index (κ1) is 13.8. The molecule has 3 aromatic rings. The Balaban J connectivity index is 1.96. The van der Waals surface area contributed by atoms with E-state index in [9.17, 15) is 4.21 Å². The third kappa shape index (κ3) is 2.82. The maximum Gasteiger partial charge on any atom is 0.232 e. The lowest BCUT2D eigenvalue weighted by molar-refractivity contribution is 0.548. The van der Waals surface area contributed by atoms with Gasteiger partial charge in [0.25, 0.3) is 0 Å². The molecule has 0 aliphatic rings. The van der Waals surface area contributed by atoms with Crippen molar-refractivity contribution in [2.24, 2.45) is 7.05 Å². The van der Waals surface area contributed by atoms with E-state index < -0.39 is 11.3 Å². The van der Waals surface area contributed by atoms with Gasteiger partial charge in [-0.2, -0.15) is 0 Å². The zero-order valence-corrected chi connectivity index (χ0v) is 12.0. The summed E-state index contributed by atoms with van der Waals surface area (Å²) in [6.07, 6.45) is 3.20. The van der Waals surface area contributed by atoms with Crippen molar-refractivity contribution in [3.63, 3.8) is 0 Å². The molecule has 1 atom stereocenters. The number of nitrogens with zero attached hydrogens (tertiary/aromatic N) is 4. The maximum absolute atomic E-state index is 10.6. The minimum absolute atomic E-state index is 0.328. The first-order valence-electron chi connectivity index (χ1n) is 6.21. The standard InChI is InChI=1S/C13H13N5O2S/c1-18-8-16-13-12(18)11(14-7-15-13)10-4-2-9(3-5-10)6-17-21(19)20/h2-5,7-8,17H,6H2,1H3,(H,19,20). The molecule has 21 heavy (non-hydrogen) atoms. The number of hydrogen-bond donors (Lipinski definition) is 2. The Labute approximate surface area is 123 Å². The average Bonchev–Trinajstić information content (AvgIpc) is 2.87. The minimum Gasteiger partial charge on any atom is -0.331 e. The quantitative estimate of drug-likeness (QED) is 0.708. The molecule has 0 amide bonds. The lowest BCUT2D eigenvalue weighted by atomic mass is 10.1. The molecule has 2 aromatic heterocycles. The number of hydrogen-bond acceptors (Lipinski definition) is 4. The van der Waals surface area contributed by atoms with Crippen LogP contribution in [0.4, 0.5) is 0 Å². The monoisotopic (exact) mass is 303 g/mol. The predicted molar refractivity (Wildman–Crippen MR) is 79.4 cm³/mol. The van der Waals surface area contributed by atoms with Crippen molar-refractivity contribution in [2.45, 2.75) is 6.54 Å². The van der Waals surface area contributed by atoms with Crippen LogP contribution in [0.5, 0.6) is 0 Å². The highest BCUT2D eigenvalue weighted by Crippen LogP contribution is 2.24. The average molecular weight is 303 g/mol. The van der Waals surface area contributed by atoms with Gasteiger partial charge in [-0.1, -0.05) is 24.3 Å². The summed E-state index contributed by atoms with van der Waals surface area (Å²) >= 11 is -2.01. The Morgan fingerprint density at radius 3 is 2.71 bits per heavy atom. The van der Waals surface area contributed by atoms with E-state index in [2.05, 4.69) is 19.7 Å². The fourth-order valence-electron chi connectivity index (χ4n) is 2.12. The van der Waals surface area contributed by atoms with Crippen LogP contribution < -0.4 is 4.72 Å². The van der Waals surface area contributed by atoms with Crippen molar-refractivity contribution in [2.75, 3.05) is 0 Å². The molecule has 0 spiro atoms. The molecule has 3 rings (SSSR count). The van der Waals surface area contributed by atoms with Crippen LogP contribution in [0, 0.1) is 0 Å². The first-order chi connectivity index (χ1) is 10.1. The Kier molecular flexibility index (Phi) is 3.74. The minimum atomic E-state index is -2.01. The molecule has 0 saturated carbocycles. The maximum atomic E-state index is 10.6. The van der Waals surface area contributed by atoms with Crippen molar-refractivity contribution in [1.29, 1.82) is 0 Å². The highest BCUT2D eigenvalue weighted by atomic mass is 32.2. The summed E-state index contributed by atoms with van der Waals surface area (Å²) in [5, 5.41) is 0. The van der Waals surface area contributed by atoms with Gasteiger partial charge in [0.05, 0.1) is 12.0 Å². The number of benzene rings is 1. The second-order valence-electron chi connectivity index (χ2n) is 4.52. The van der Waals surface area contributed by atoms with Crippen LogP contribution in [-0.4, -0.2) is 28.3 Å². The van der Waals surface area contributed by atoms with Crippen LogP contribution >= 0.6 is 0 Å². The summed E-state index contributed by atoms with van der Waals surface area (Å²) in [7, 11) is 1.90. The normalized spacial score (nSPS) is 12.7. The van der Waals surface area contributed by atoms with Gasteiger partial charge in [-0.05, 0) is 5.56 Å². The molecule has 2 N–H and O–H groups in total. The summed E-state index contributed by atoms with van der Waals surface area (Å²) in [4.78, 5) is 12.7. The van der Waals surface area contributed by atoms with Crippen LogP contribution in [0.15, 0.2) is 36.9 Å². The fraction of sp³-hybridized carbons (Fsp3) is 0.154. The van der Waals surface area contributed by atoms with Crippen LogP contribution in [-0.2, 0) is 24.9 Å². The first-order valence-corrected chi connectivity index (χ1v) is 7.31. The molecule has 1 aromatic carbocycles. The van der Waals surface area contributed by atoms with Crippen molar-refractivity contribution in [3.05, 3.63) is 42.5 Å². The molecule has 0 bridgehead atoms. The third-order valence-electron chi connectivity index (χ3n) is 3.14. The van der Waals surface area contributed by atoms with E-state index in [1.165, 1.54) is 6.33 Å². The summed E-state index contributed by atoms with van der Waals surface area (Å²) in [6.45, 7) is 0.328. The molecule has 0 fully saturated rings. The smallest absolute Gasteiger partial charge is 0.232 e. The Morgan fingerprint density at radius 1 is 1.24 bits per heavy atom. The van der Waals surface area contributed by atoms with Crippen molar-refractivity contribution < 1.29 is 8.76 Å². The van der Waals surface area contributed by atoms with Crippen molar-refractivity contribution in [1.82, 2.24) is 24.2 Å². The van der Waals surface area contributed by atoms with Crippen molar-refractivity contribution in [3.8, 4) is 11.3 Å². The second kappa shape index (κ2) is 5.68. The molecule has 1 unspecified atom stereocenters. The Hall–Kier alpha value is -2.16. The molecule has 8 heteroatoms. The van der Waals surface area contributed by atoms with Crippen LogP contribution in [0.2, 0.25) is 0 Å². The molecule has 0 aliphatic heterocycles. The molecule has 2 heterocycles. The number of aryl methyl sites for hydroxylation is 1. The molecular formula is C13H13N5O2S. The van der Waals surface area contributed by atoms with Gasteiger partial charge < -0.3 is 4.57 Å². The molecule has 0 aliphatic carbocycles. The van der Waals surface area contributed by atoms with E-state index in [-0.39, 0.29) is 0 Å². The third-order valence-corrected chi connectivity index (χ3v) is 3.53. The van der Waals surface area contributed by atoms with E-state index in [0.717, 1.165) is 22.3 Å². The number of nitrogens with one attached hydrogen (secondary N) is 1. The second-order valence-corrected chi connectivity index (χ2v) is 5.30. The topological polar surface area (TPSA) is 92.9 Å². The lowest BCUT2D eigenvalue weighted by Gasteiger charge is -2.06. The van der Waals surface area contributed by atoms with Gasteiger partial charge in [-0.25, -0.2) is 23.9 Å². The largest absolute Gasteiger partial charge is 0.331 e. The van der Waals surface area contributed by atoms with E-state index in [4.69, 9.17) is 4.55 Å². The number of imidazole rings is 1. The Morgan fingerprint density at radius 2 is 2.00 bits per heavy atom. The fourth-order valence-corrected chi connectivity index (χ4v) is 2.41. The summed E-state index contributed by atoms with van der Waals surface area (Å²) in [5.74, 6) is 0. The van der Waals surface area contributed by atoms with Gasteiger partial charge >= 0.3 is 0 Å². The summed E-state index contributed by atoms with van der Waals surface area (Å²) < 4.78 is 23.6. The predicted octanol–water partition coefficient (Wildman–Crippen LogP) is 1.26. The molecule has 108 valence electrons. The van der Waals surface area contributed by atoms with Gasteiger partial charge in [0, 0.05) is 19.2 Å². The van der Waals surface area contributed by atoms with Crippen LogP contribution in [0.1, 0.15) is 5.56 Å². The summed E-state index contributed by atoms with van der Waals surface area (Å²) in [6, 6.07) is 7.62. The lowest BCUT2D eigenvalue weighted by Crippen LogP contribution is -2.15. The molecule has 0 saturated heterocycles. The van der Waals surface area contributed by atoms with E-state index >= 15 is 0 Å². The van der Waals surface area contributed by atoms with Gasteiger partial charge in [0.2, 0.25) is 11.3 Å². The Bertz CT molecular complexity index is 800. The van der Waals surface area contributed by atoms with Gasteiger partial charge in [0.15, 0.2) is 5.65 Å². The van der Waals surface area contributed by atoms with E-state index in [1.807, 2.05) is 35.9 Å². The van der Waals surface area contributed by atoms with Crippen LogP contribution in [0.25, 0.3) is 22.4 Å². The SMILES string of the molecule is Cn1cnc2ncnc(-c3ccc(CNS(=O)O)cc3)c21. The number of fused-ring (bicyclic) bond motifs is 1. The molecule has 7 nitrogen and oxygen atoms in total. The van der Waals surface area contributed by atoms with E-state index in [0.29, 0.717) is 12.2 Å². The summed E-state index contributed by atoms with van der Waals surface area (Å²) in [5.41, 5.74) is 4.20. The van der Waals surface area contributed by atoms with E-state index in [1.54, 1.807) is 6.33 Å². The highest BCUT2D eigenvalue weighted by molar-refractivity contribution is 7.77. The van der Waals surface area contributed by atoms with Gasteiger partial charge in [-0.3, -0.25) is 4.55 Å². The number of aromatic nitrogens is 4. The molecular weight excluding hydrogens is 290 g/mol. The van der Waals surface area contributed by atoms with Crippen molar-refractivity contribution >= 4 is 22.4 Å². The molecule has 0 radical (unpaired) electrons. The van der Waals surface area contributed by atoms with Gasteiger partial charge in [-0.15, -0.1) is 0 Å². The van der Waals surface area contributed by atoms with Gasteiger partial charge in [0.1, 0.15) is 11.8 Å².